The van der Waals surface area contributed by atoms with E-state index in [9.17, 15) is 19.2 Å². The van der Waals surface area contributed by atoms with Crippen LogP contribution in [0, 0.1) is 0 Å². The summed E-state index contributed by atoms with van der Waals surface area (Å²) in [6.07, 6.45) is 1.54. The maximum atomic E-state index is 13.3. The van der Waals surface area contributed by atoms with Gasteiger partial charge in [-0.05, 0) is 78.4 Å². The molecular weight excluding hydrogens is 673 g/mol. The predicted molar refractivity (Wildman–Crippen MR) is 174 cm³/mol. The highest BCUT2D eigenvalue weighted by Gasteiger charge is 2.40. The number of amides is 4. The maximum Gasteiger partial charge on any atom is 0.272 e. The van der Waals surface area contributed by atoms with Crippen molar-refractivity contribution < 1.29 is 19.2 Å². The van der Waals surface area contributed by atoms with Crippen LogP contribution in [0.2, 0.25) is 10.0 Å². The fraction of sp³-hybridized carbons (Fsp3) is 0.0625. The number of benzene rings is 4. The molecule has 1 heterocycles. The van der Waals surface area contributed by atoms with Gasteiger partial charge in [-0.25, -0.2) is 4.90 Å². The Labute approximate surface area is 270 Å². The molecule has 1 fully saturated rings. The van der Waals surface area contributed by atoms with E-state index in [1.807, 2.05) is 0 Å². The van der Waals surface area contributed by atoms with Gasteiger partial charge >= 0.3 is 0 Å². The highest BCUT2D eigenvalue weighted by Crippen LogP contribution is 2.35. The topological polar surface area (TPSA) is 95.6 Å². The maximum absolute atomic E-state index is 13.3. The standard InChI is InChI=1S/C32H22BrCl2N3O4S/c33-21-9-13-23(14-10-21)38-28(39)18-27(32(38)42)43-24-15-11-22(12-16-24)36-31(41)26(17-20-7-4-8-25(34)29(20)35)37-30(40)19-5-2-1-3-6-19/h1-17,27H,18H2,(H,36,41)(H,37,40)/b26-17-. The van der Waals surface area contributed by atoms with Gasteiger partial charge in [-0.15, -0.1) is 11.8 Å². The molecule has 7 nitrogen and oxygen atoms in total. The Balaban J connectivity index is 1.30. The number of nitrogens with zero attached hydrogens (tertiary/aromatic N) is 1. The predicted octanol–water partition coefficient (Wildman–Crippen LogP) is 7.59. The van der Waals surface area contributed by atoms with Gasteiger partial charge in [0.15, 0.2) is 0 Å². The van der Waals surface area contributed by atoms with Gasteiger partial charge in [-0.3, -0.25) is 19.2 Å². The highest BCUT2D eigenvalue weighted by atomic mass is 79.9. The van der Waals surface area contributed by atoms with Crippen LogP contribution in [0.15, 0.2) is 112 Å². The second kappa shape index (κ2) is 13.6. The molecule has 43 heavy (non-hydrogen) atoms. The summed E-state index contributed by atoms with van der Waals surface area (Å²) in [6.45, 7) is 0. The lowest BCUT2D eigenvalue weighted by Crippen LogP contribution is -2.31. The molecule has 0 radical (unpaired) electrons. The van der Waals surface area contributed by atoms with Gasteiger partial charge in [0, 0.05) is 27.0 Å². The van der Waals surface area contributed by atoms with Crippen LogP contribution in [-0.4, -0.2) is 28.9 Å². The number of hydrogen-bond acceptors (Lipinski definition) is 5. The molecule has 216 valence electrons. The van der Waals surface area contributed by atoms with E-state index in [2.05, 4.69) is 26.6 Å². The summed E-state index contributed by atoms with van der Waals surface area (Å²) in [7, 11) is 0. The molecule has 11 heteroatoms. The van der Waals surface area contributed by atoms with Crippen molar-refractivity contribution in [2.75, 3.05) is 10.2 Å². The smallest absolute Gasteiger partial charge is 0.272 e. The zero-order valence-electron chi connectivity index (χ0n) is 22.2. The van der Waals surface area contributed by atoms with E-state index in [0.717, 1.165) is 9.37 Å². The summed E-state index contributed by atoms with van der Waals surface area (Å²) in [5.74, 6) is -1.59. The van der Waals surface area contributed by atoms with Crippen molar-refractivity contribution in [1.29, 1.82) is 0 Å². The first-order valence-electron chi connectivity index (χ1n) is 12.9. The Morgan fingerprint density at radius 2 is 1.58 bits per heavy atom. The third kappa shape index (κ3) is 7.37. The number of carbonyl (C=O) groups excluding carboxylic acids is 4. The molecule has 0 bridgehead atoms. The molecule has 5 rings (SSSR count). The number of anilines is 2. The van der Waals surface area contributed by atoms with Crippen LogP contribution in [0.1, 0.15) is 22.3 Å². The molecule has 0 aromatic heterocycles. The molecule has 1 atom stereocenters. The summed E-state index contributed by atoms with van der Waals surface area (Å²) < 4.78 is 0.850. The zero-order valence-corrected chi connectivity index (χ0v) is 26.1. The second-order valence-corrected chi connectivity index (χ2v) is 12.3. The van der Waals surface area contributed by atoms with Crippen molar-refractivity contribution in [3.05, 3.63) is 128 Å². The Bertz CT molecular complexity index is 1730. The van der Waals surface area contributed by atoms with Gasteiger partial charge in [-0.2, -0.15) is 0 Å². The largest absolute Gasteiger partial charge is 0.321 e. The molecule has 0 aliphatic carbocycles. The van der Waals surface area contributed by atoms with Gasteiger partial charge in [0.1, 0.15) is 5.70 Å². The third-order valence-corrected chi connectivity index (χ3v) is 8.95. The number of carbonyl (C=O) groups is 4. The average Bonchev–Trinajstić information content (AvgIpc) is 3.28. The average molecular weight is 695 g/mol. The fourth-order valence-corrected chi connectivity index (χ4v) is 5.95. The molecule has 4 aromatic rings. The molecule has 4 amide bonds. The summed E-state index contributed by atoms with van der Waals surface area (Å²) in [4.78, 5) is 53.9. The van der Waals surface area contributed by atoms with Crippen LogP contribution in [-0.2, 0) is 14.4 Å². The van der Waals surface area contributed by atoms with Crippen molar-refractivity contribution >= 4 is 92.0 Å². The summed E-state index contributed by atoms with van der Waals surface area (Å²) in [5.41, 5.74) is 1.77. The van der Waals surface area contributed by atoms with Gasteiger partial charge in [0.2, 0.25) is 11.8 Å². The van der Waals surface area contributed by atoms with Gasteiger partial charge in [0.05, 0.1) is 21.0 Å². The van der Waals surface area contributed by atoms with E-state index in [0.29, 0.717) is 27.5 Å². The molecule has 1 aliphatic rings. The summed E-state index contributed by atoms with van der Waals surface area (Å²) in [6, 6.07) is 27.3. The first kappa shape index (κ1) is 30.6. The van der Waals surface area contributed by atoms with Crippen molar-refractivity contribution in [1.82, 2.24) is 5.32 Å². The Morgan fingerprint density at radius 1 is 0.884 bits per heavy atom. The molecule has 0 spiro atoms. The minimum Gasteiger partial charge on any atom is -0.321 e. The SMILES string of the molecule is O=C(Nc1ccc(SC2CC(=O)N(c3ccc(Br)cc3)C2=O)cc1)/C(=C/c1cccc(Cl)c1Cl)NC(=O)c1ccccc1. The van der Waals surface area contributed by atoms with E-state index in [4.69, 9.17) is 23.2 Å². The van der Waals surface area contributed by atoms with Gasteiger partial charge in [0.25, 0.3) is 11.8 Å². The minimum atomic E-state index is -0.581. The molecular formula is C32H22BrCl2N3O4S. The van der Waals surface area contributed by atoms with E-state index < -0.39 is 17.1 Å². The molecule has 1 saturated heterocycles. The number of nitrogens with one attached hydrogen (secondary N) is 2. The number of thioether (sulfide) groups is 1. The Kier molecular flexibility index (Phi) is 9.67. The summed E-state index contributed by atoms with van der Waals surface area (Å²) >= 11 is 17.1. The molecule has 1 aliphatic heterocycles. The van der Waals surface area contributed by atoms with Crippen molar-refractivity contribution in [2.24, 2.45) is 0 Å². The molecule has 0 saturated carbocycles. The van der Waals surface area contributed by atoms with Crippen LogP contribution in [0.3, 0.4) is 0 Å². The molecule has 2 N–H and O–H groups in total. The fourth-order valence-electron chi connectivity index (χ4n) is 4.27. The highest BCUT2D eigenvalue weighted by molar-refractivity contribution is 9.10. The van der Waals surface area contributed by atoms with Crippen molar-refractivity contribution in [2.45, 2.75) is 16.6 Å². The van der Waals surface area contributed by atoms with E-state index in [1.165, 1.54) is 22.7 Å². The van der Waals surface area contributed by atoms with Crippen LogP contribution in [0.5, 0.6) is 0 Å². The number of halogens is 3. The van der Waals surface area contributed by atoms with E-state index in [-0.39, 0.29) is 29.0 Å². The van der Waals surface area contributed by atoms with Crippen molar-refractivity contribution in [3.63, 3.8) is 0 Å². The van der Waals surface area contributed by atoms with Crippen LogP contribution in [0.4, 0.5) is 11.4 Å². The second-order valence-electron chi connectivity index (χ2n) is 9.35. The third-order valence-electron chi connectivity index (χ3n) is 6.39. The lowest BCUT2D eigenvalue weighted by molar-refractivity contribution is -0.121. The zero-order chi connectivity index (χ0) is 30.5. The van der Waals surface area contributed by atoms with Gasteiger partial charge < -0.3 is 10.6 Å². The quantitative estimate of drug-likeness (QED) is 0.146. The summed E-state index contributed by atoms with van der Waals surface area (Å²) in [5, 5.41) is 5.43. The normalized spacial score (nSPS) is 15.0. The van der Waals surface area contributed by atoms with E-state index >= 15 is 0 Å². The minimum absolute atomic E-state index is 0.0421. The lowest BCUT2D eigenvalue weighted by atomic mass is 10.1. The van der Waals surface area contributed by atoms with Crippen LogP contribution < -0.4 is 15.5 Å². The number of rotatable bonds is 8. The van der Waals surface area contributed by atoms with Crippen LogP contribution in [0.25, 0.3) is 6.08 Å². The Morgan fingerprint density at radius 3 is 2.28 bits per heavy atom. The monoisotopic (exact) mass is 693 g/mol. The van der Waals surface area contributed by atoms with Crippen molar-refractivity contribution in [3.8, 4) is 0 Å². The number of imide groups is 1. The first-order chi connectivity index (χ1) is 20.7. The Hall–Kier alpha value is -3.89. The molecule has 1 unspecified atom stereocenters. The first-order valence-corrected chi connectivity index (χ1v) is 15.3. The van der Waals surface area contributed by atoms with E-state index in [1.54, 1.807) is 97.1 Å². The van der Waals surface area contributed by atoms with Crippen LogP contribution >= 0.6 is 50.9 Å². The lowest BCUT2D eigenvalue weighted by Gasteiger charge is -2.15. The van der Waals surface area contributed by atoms with Gasteiger partial charge in [-0.1, -0.05) is 69.5 Å². The number of hydrogen-bond donors (Lipinski definition) is 2. The molecule has 4 aromatic carbocycles.